The fourth-order valence-electron chi connectivity index (χ4n) is 2.87. The van der Waals surface area contributed by atoms with Gasteiger partial charge in [0.1, 0.15) is 0 Å². The third kappa shape index (κ3) is 5.82. The maximum absolute atomic E-state index is 13.0. The molecule has 0 unspecified atom stereocenters. The van der Waals surface area contributed by atoms with Crippen molar-refractivity contribution in [2.24, 2.45) is 11.7 Å². The van der Waals surface area contributed by atoms with Gasteiger partial charge in [0.05, 0.1) is 16.7 Å². The summed E-state index contributed by atoms with van der Waals surface area (Å²) in [5.74, 6) is 0.0378. The molecule has 0 radical (unpaired) electrons. The fourth-order valence-corrected chi connectivity index (χ4v) is 3.77. The molecule has 1 aromatic carbocycles. The lowest BCUT2D eigenvalue weighted by atomic mass is 10.0. The standard InChI is InChI=1S/C19H26N4O3S/c1-12(2)7-6-8-13(3)23-17(25)14-9-4-5-10-15(14)21-19(23)27-11-16(24)22-18(20)26/h4-5,9-10,12-13H,6-8,11H2,1-3H3,(H3,20,22,24,26)/t13-/m1/s1. The van der Waals surface area contributed by atoms with Gasteiger partial charge in [-0.2, -0.15) is 0 Å². The second kappa shape index (κ2) is 9.55. The smallest absolute Gasteiger partial charge is 0.318 e. The zero-order chi connectivity index (χ0) is 20.0. The number of para-hydroxylation sites is 1. The lowest BCUT2D eigenvalue weighted by Crippen LogP contribution is -2.36. The van der Waals surface area contributed by atoms with Crippen LogP contribution in [0.25, 0.3) is 10.9 Å². The Morgan fingerprint density at radius 2 is 1.93 bits per heavy atom. The average Bonchev–Trinajstić information content (AvgIpc) is 2.59. The topological polar surface area (TPSA) is 107 Å². The summed E-state index contributed by atoms with van der Waals surface area (Å²) in [4.78, 5) is 40.2. The van der Waals surface area contributed by atoms with Crippen molar-refractivity contribution in [3.63, 3.8) is 0 Å². The predicted octanol–water partition coefficient (Wildman–Crippen LogP) is 3.07. The van der Waals surface area contributed by atoms with E-state index in [1.807, 2.05) is 24.4 Å². The minimum atomic E-state index is -0.897. The Morgan fingerprint density at radius 3 is 2.59 bits per heavy atom. The first-order chi connectivity index (χ1) is 12.8. The highest BCUT2D eigenvalue weighted by Gasteiger charge is 2.18. The third-order valence-corrected chi connectivity index (χ3v) is 5.17. The van der Waals surface area contributed by atoms with Gasteiger partial charge >= 0.3 is 6.03 Å². The van der Waals surface area contributed by atoms with Crippen LogP contribution in [0.2, 0.25) is 0 Å². The number of nitrogens with two attached hydrogens (primary N) is 1. The lowest BCUT2D eigenvalue weighted by Gasteiger charge is -2.20. The Balaban J connectivity index is 2.33. The fraction of sp³-hybridized carbons (Fsp3) is 0.474. The molecule has 0 saturated heterocycles. The summed E-state index contributed by atoms with van der Waals surface area (Å²) < 4.78 is 1.66. The summed E-state index contributed by atoms with van der Waals surface area (Å²) in [5.41, 5.74) is 5.44. The number of urea groups is 1. The molecule has 146 valence electrons. The zero-order valence-corrected chi connectivity index (χ0v) is 16.7. The molecule has 0 aliphatic heterocycles. The van der Waals surface area contributed by atoms with Gasteiger partial charge in [-0.1, -0.05) is 50.6 Å². The van der Waals surface area contributed by atoms with Gasteiger partial charge in [-0.05, 0) is 31.4 Å². The summed E-state index contributed by atoms with van der Waals surface area (Å²) in [7, 11) is 0. The van der Waals surface area contributed by atoms with Crippen molar-refractivity contribution in [1.29, 1.82) is 0 Å². The van der Waals surface area contributed by atoms with Crippen molar-refractivity contribution in [1.82, 2.24) is 14.9 Å². The van der Waals surface area contributed by atoms with E-state index < -0.39 is 11.9 Å². The Hall–Kier alpha value is -2.35. The highest BCUT2D eigenvalue weighted by atomic mass is 32.2. The molecule has 3 amide bonds. The van der Waals surface area contributed by atoms with E-state index in [0.717, 1.165) is 31.0 Å². The number of hydrogen-bond donors (Lipinski definition) is 2. The minimum absolute atomic E-state index is 0.0462. The minimum Gasteiger partial charge on any atom is -0.351 e. The van der Waals surface area contributed by atoms with Gasteiger partial charge in [-0.25, -0.2) is 9.78 Å². The van der Waals surface area contributed by atoms with Crippen molar-refractivity contribution in [3.8, 4) is 0 Å². The molecule has 3 N–H and O–H groups in total. The van der Waals surface area contributed by atoms with E-state index in [0.29, 0.717) is 22.0 Å². The van der Waals surface area contributed by atoms with Crippen LogP contribution in [-0.2, 0) is 4.79 Å². The Morgan fingerprint density at radius 1 is 1.22 bits per heavy atom. The van der Waals surface area contributed by atoms with Crippen LogP contribution in [0, 0.1) is 5.92 Å². The van der Waals surface area contributed by atoms with Gasteiger partial charge in [0, 0.05) is 6.04 Å². The van der Waals surface area contributed by atoms with Crippen molar-refractivity contribution in [2.75, 3.05) is 5.75 Å². The van der Waals surface area contributed by atoms with Gasteiger partial charge < -0.3 is 5.73 Å². The number of imide groups is 1. The number of hydrogen-bond acceptors (Lipinski definition) is 5. The molecule has 0 aliphatic carbocycles. The van der Waals surface area contributed by atoms with Crippen molar-refractivity contribution in [3.05, 3.63) is 34.6 Å². The van der Waals surface area contributed by atoms with Gasteiger partial charge in [0.15, 0.2) is 5.16 Å². The molecule has 1 atom stereocenters. The molecule has 27 heavy (non-hydrogen) atoms. The summed E-state index contributed by atoms with van der Waals surface area (Å²) in [6.07, 6.45) is 2.94. The SMILES string of the molecule is CC(C)CCC[C@@H](C)n1c(SCC(=O)NC(N)=O)nc2ccccc2c1=O. The molecular weight excluding hydrogens is 364 g/mol. The normalized spacial score (nSPS) is 12.3. The number of primary amides is 1. The first kappa shape index (κ1) is 21.0. The van der Waals surface area contributed by atoms with Crippen molar-refractivity contribution >= 4 is 34.6 Å². The highest BCUT2D eigenvalue weighted by Crippen LogP contribution is 2.24. The first-order valence-corrected chi connectivity index (χ1v) is 10.0. The van der Waals surface area contributed by atoms with Crippen molar-refractivity contribution < 1.29 is 9.59 Å². The van der Waals surface area contributed by atoms with Crippen LogP contribution >= 0.6 is 11.8 Å². The quantitative estimate of drug-likeness (QED) is 0.532. The molecule has 1 heterocycles. The number of carbonyl (C=O) groups is 2. The average molecular weight is 391 g/mol. The molecule has 2 aromatic rings. The number of amides is 3. The van der Waals surface area contributed by atoms with Crippen LogP contribution < -0.4 is 16.6 Å². The number of thioether (sulfide) groups is 1. The van der Waals surface area contributed by atoms with Crippen molar-refractivity contribution in [2.45, 2.75) is 51.2 Å². The van der Waals surface area contributed by atoms with Crippen LogP contribution in [0.4, 0.5) is 4.79 Å². The molecule has 0 aliphatic rings. The van der Waals surface area contributed by atoms with E-state index >= 15 is 0 Å². The Bertz CT molecular complexity index is 879. The number of rotatable bonds is 8. The van der Waals surface area contributed by atoms with Crippen LogP contribution in [0.3, 0.4) is 0 Å². The predicted molar refractivity (Wildman–Crippen MR) is 108 cm³/mol. The maximum atomic E-state index is 13.0. The Kier molecular flexibility index (Phi) is 7.41. The summed E-state index contributed by atoms with van der Waals surface area (Å²) in [6.45, 7) is 6.34. The maximum Gasteiger partial charge on any atom is 0.318 e. The van der Waals surface area contributed by atoms with Gasteiger partial charge in [0.2, 0.25) is 5.91 Å². The highest BCUT2D eigenvalue weighted by molar-refractivity contribution is 7.99. The lowest BCUT2D eigenvalue weighted by molar-refractivity contribution is -0.117. The second-order valence-corrected chi connectivity index (χ2v) is 7.90. The summed E-state index contributed by atoms with van der Waals surface area (Å²) in [5, 5.41) is 3.05. The van der Waals surface area contributed by atoms with E-state index in [1.165, 1.54) is 0 Å². The number of carbonyl (C=O) groups excluding carboxylic acids is 2. The van der Waals surface area contributed by atoms with Gasteiger partial charge in [0.25, 0.3) is 5.56 Å². The molecule has 0 fully saturated rings. The molecule has 0 bridgehead atoms. The number of benzene rings is 1. The van der Waals surface area contributed by atoms with Gasteiger partial charge in [-0.15, -0.1) is 0 Å². The van der Waals surface area contributed by atoms with E-state index in [9.17, 15) is 14.4 Å². The van der Waals surface area contributed by atoms with Gasteiger partial charge in [-0.3, -0.25) is 19.5 Å². The van der Waals surface area contributed by atoms with Crippen LogP contribution in [0.15, 0.2) is 34.2 Å². The first-order valence-electron chi connectivity index (χ1n) is 9.03. The molecule has 0 saturated carbocycles. The molecule has 8 heteroatoms. The van der Waals surface area contributed by atoms with Crippen LogP contribution in [0.5, 0.6) is 0 Å². The molecule has 2 rings (SSSR count). The van der Waals surface area contributed by atoms with E-state index in [4.69, 9.17) is 5.73 Å². The number of fused-ring (bicyclic) bond motifs is 1. The molecule has 1 aromatic heterocycles. The largest absolute Gasteiger partial charge is 0.351 e. The van der Waals surface area contributed by atoms with E-state index in [1.54, 1.807) is 16.7 Å². The molecule has 7 nitrogen and oxygen atoms in total. The number of nitrogens with zero attached hydrogens (tertiary/aromatic N) is 2. The Labute approximate surface area is 162 Å². The monoisotopic (exact) mass is 390 g/mol. The number of aromatic nitrogens is 2. The second-order valence-electron chi connectivity index (χ2n) is 6.96. The van der Waals surface area contributed by atoms with E-state index in [-0.39, 0.29) is 17.4 Å². The molecule has 0 spiro atoms. The van der Waals surface area contributed by atoms with Crippen LogP contribution in [-0.4, -0.2) is 27.2 Å². The molecular formula is C19H26N4O3S. The third-order valence-electron chi connectivity index (χ3n) is 4.21. The number of nitrogens with one attached hydrogen (secondary N) is 1. The van der Waals surface area contributed by atoms with Crippen LogP contribution in [0.1, 0.15) is 46.1 Å². The zero-order valence-electron chi connectivity index (χ0n) is 15.9. The summed E-state index contributed by atoms with van der Waals surface area (Å²) in [6, 6.07) is 6.22. The summed E-state index contributed by atoms with van der Waals surface area (Å²) >= 11 is 1.13. The van der Waals surface area contributed by atoms with E-state index in [2.05, 4.69) is 18.8 Å².